The fraction of sp³-hybridized carbons (Fsp3) is 0.375. The van der Waals surface area contributed by atoms with Gasteiger partial charge in [-0.25, -0.2) is 18.9 Å². The number of rotatable bonds is 5. The molecule has 0 aliphatic carbocycles. The van der Waals surface area contributed by atoms with E-state index in [1.807, 2.05) is 24.4 Å². The lowest BCUT2D eigenvalue weighted by molar-refractivity contribution is 0.263. The van der Waals surface area contributed by atoms with E-state index in [1.165, 1.54) is 6.20 Å². The van der Waals surface area contributed by atoms with Gasteiger partial charge in [-0.1, -0.05) is 32.4 Å². The van der Waals surface area contributed by atoms with Crippen LogP contribution in [-0.2, 0) is 5.41 Å². The molecule has 0 aromatic carbocycles. The summed E-state index contributed by atoms with van der Waals surface area (Å²) in [5.74, 6) is 1.94. The molecule has 0 amide bonds. The van der Waals surface area contributed by atoms with Crippen molar-refractivity contribution in [1.29, 1.82) is 5.26 Å². The first-order valence-electron chi connectivity index (χ1n) is 11.8. The highest BCUT2D eigenvalue weighted by Gasteiger charge is 2.31. The lowest BCUT2D eigenvalue weighted by atomic mass is 9.96. The molecular weight excluding hydrogens is 497 g/mol. The third-order valence-electron chi connectivity index (χ3n) is 5.96. The van der Waals surface area contributed by atoms with Gasteiger partial charge in [-0.2, -0.15) is 15.3 Å². The van der Waals surface area contributed by atoms with Crippen LogP contribution in [0.4, 0.5) is 27.7 Å². The average molecular weight is 522 g/mol. The summed E-state index contributed by atoms with van der Waals surface area (Å²) in [5.41, 5.74) is 1.48. The highest BCUT2D eigenvalue weighted by molar-refractivity contribution is 6.32. The monoisotopic (exact) mass is 521 g/mol. The molecule has 190 valence electrons. The SMILES string of the molecule is CC(C)(C)c1nc2cc(Nc3ncc(Cl)c(NC4CCN(c5ccc(C#N)nn5)CC4F)n3)ccn2n1. The van der Waals surface area contributed by atoms with E-state index in [0.29, 0.717) is 41.2 Å². The standard InChI is InChI=1S/C24H25ClFN11/c1-24(2,3)22-31-20-10-14(6-9-37(20)35-22)29-23-28-12-16(25)21(32-23)30-18-7-8-36(13-17(18)26)19-5-4-15(11-27)33-34-19/h4-6,9-10,12,17-18H,7-8,13H2,1-3H3,(H2,28,29,30,32). The molecule has 13 heteroatoms. The number of piperidine rings is 1. The van der Waals surface area contributed by atoms with Gasteiger partial charge in [-0.15, -0.1) is 10.2 Å². The molecule has 4 aromatic rings. The van der Waals surface area contributed by atoms with E-state index in [4.69, 9.17) is 16.9 Å². The first-order chi connectivity index (χ1) is 17.7. The number of aromatic nitrogens is 7. The molecule has 2 atom stereocenters. The van der Waals surface area contributed by atoms with Gasteiger partial charge in [0.05, 0.1) is 18.8 Å². The number of pyridine rings is 1. The van der Waals surface area contributed by atoms with Crippen molar-refractivity contribution in [2.45, 2.75) is 44.8 Å². The molecule has 1 aliphatic rings. The third-order valence-corrected chi connectivity index (χ3v) is 6.24. The number of hydrogen-bond acceptors (Lipinski definition) is 10. The van der Waals surface area contributed by atoms with E-state index >= 15 is 4.39 Å². The van der Waals surface area contributed by atoms with Gasteiger partial charge in [0.1, 0.15) is 17.3 Å². The van der Waals surface area contributed by atoms with Crippen molar-refractivity contribution >= 4 is 40.5 Å². The maximum atomic E-state index is 15.1. The smallest absolute Gasteiger partial charge is 0.229 e. The minimum Gasteiger partial charge on any atom is -0.363 e. The van der Waals surface area contributed by atoms with Crippen LogP contribution >= 0.6 is 11.6 Å². The Morgan fingerprint density at radius 3 is 2.73 bits per heavy atom. The molecule has 2 unspecified atom stereocenters. The lowest BCUT2D eigenvalue weighted by Crippen LogP contribution is -2.48. The Labute approximate surface area is 217 Å². The molecule has 0 radical (unpaired) electrons. The second-order valence-corrected chi connectivity index (χ2v) is 10.2. The van der Waals surface area contributed by atoms with Crippen LogP contribution in [0.2, 0.25) is 5.02 Å². The molecule has 5 rings (SSSR count). The number of nitrogens with one attached hydrogen (secondary N) is 2. The van der Waals surface area contributed by atoms with Crippen LogP contribution in [0.15, 0.2) is 36.7 Å². The Morgan fingerprint density at radius 1 is 1.19 bits per heavy atom. The summed E-state index contributed by atoms with van der Waals surface area (Å²) in [6.07, 6.45) is 2.57. The predicted octanol–water partition coefficient (Wildman–Crippen LogP) is 3.90. The Bertz CT molecular complexity index is 1460. The van der Waals surface area contributed by atoms with Crippen LogP contribution in [0.25, 0.3) is 5.65 Å². The molecule has 2 N–H and O–H groups in total. The van der Waals surface area contributed by atoms with E-state index in [-0.39, 0.29) is 17.7 Å². The molecule has 4 aromatic heterocycles. The first-order valence-corrected chi connectivity index (χ1v) is 12.1. The van der Waals surface area contributed by atoms with E-state index in [2.05, 4.69) is 61.7 Å². The van der Waals surface area contributed by atoms with Crippen LogP contribution < -0.4 is 15.5 Å². The van der Waals surface area contributed by atoms with Crippen molar-refractivity contribution in [3.63, 3.8) is 0 Å². The maximum absolute atomic E-state index is 15.1. The summed E-state index contributed by atoms with van der Waals surface area (Å²) >= 11 is 6.33. The topological polar surface area (TPSA) is 133 Å². The summed E-state index contributed by atoms with van der Waals surface area (Å²) in [4.78, 5) is 15.1. The van der Waals surface area contributed by atoms with Gasteiger partial charge in [0, 0.05) is 29.9 Å². The summed E-state index contributed by atoms with van der Waals surface area (Å²) in [5, 5.41) is 27.8. The Hall–Kier alpha value is -4.11. The van der Waals surface area contributed by atoms with Crippen LogP contribution in [0.1, 0.15) is 38.7 Å². The van der Waals surface area contributed by atoms with Crippen molar-refractivity contribution in [1.82, 2.24) is 34.8 Å². The second-order valence-electron chi connectivity index (χ2n) is 9.81. The quantitative estimate of drug-likeness (QED) is 0.398. The number of nitriles is 1. The third kappa shape index (κ3) is 5.36. The summed E-state index contributed by atoms with van der Waals surface area (Å²) in [6, 6.07) is 8.37. The molecule has 0 bridgehead atoms. The Morgan fingerprint density at radius 2 is 2.03 bits per heavy atom. The molecular formula is C24H25ClFN11. The number of hydrogen-bond donors (Lipinski definition) is 2. The zero-order valence-electron chi connectivity index (χ0n) is 20.5. The van der Waals surface area contributed by atoms with Crippen molar-refractivity contribution in [3.05, 3.63) is 53.2 Å². The van der Waals surface area contributed by atoms with E-state index < -0.39 is 12.2 Å². The van der Waals surface area contributed by atoms with Gasteiger partial charge in [0.15, 0.2) is 28.8 Å². The van der Waals surface area contributed by atoms with Crippen LogP contribution in [0.5, 0.6) is 0 Å². The molecule has 37 heavy (non-hydrogen) atoms. The van der Waals surface area contributed by atoms with Gasteiger partial charge in [0.2, 0.25) is 5.95 Å². The van der Waals surface area contributed by atoms with Crippen molar-refractivity contribution in [2.24, 2.45) is 0 Å². The van der Waals surface area contributed by atoms with Crippen molar-refractivity contribution in [2.75, 3.05) is 28.6 Å². The van der Waals surface area contributed by atoms with Gasteiger partial charge in [-0.05, 0) is 24.6 Å². The zero-order chi connectivity index (χ0) is 26.2. The van der Waals surface area contributed by atoms with E-state index in [0.717, 1.165) is 11.5 Å². The fourth-order valence-electron chi connectivity index (χ4n) is 3.94. The lowest BCUT2D eigenvalue weighted by Gasteiger charge is -2.35. The molecule has 1 saturated heterocycles. The highest BCUT2D eigenvalue weighted by atomic mass is 35.5. The molecule has 0 spiro atoms. The molecule has 1 aliphatic heterocycles. The number of halogens is 2. The van der Waals surface area contributed by atoms with Crippen LogP contribution in [0.3, 0.4) is 0 Å². The van der Waals surface area contributed by atoms with Gasteiger partial charge >= 0.3 is 0 Å². The summed E-state index contributed by atoms with van der Waals surface area (Å²) in [7, 11) is 0. The van der Waals surface area contributed by atoms with Crippen molar-refractivity contribution in [3.8, 4) is 6.07 Å². The fourth-order valence-corrected chi connectivity index (χ4v) is 4.08. The predicted molar refractivity (Wildman–Crippen MR) is 138 cm³/mol. The number of fused-ring (bicyclic) bond motifs is 1. The molecule has 0 saturated carbocycles. The van der Waals surface area contributed by atoms with Crippen LogP contribution in [0, 0.1) is 11.3 Å². The Balaban J connectivity index is 1.27. The maximum Gasteiger partial charge on any atom is 0.229 e. The van der Waals surface area contributed by atoms with Crippen molar-refractivity contribution < 1.29 is 4.39 Å². The van der Waals surface area contributed by atoms with Gasteiger partial charge in [0.25, 0.3) is 0 Å². The first kappa shape index (κ1) is 24.6. The van der Waals surface area contributed by atoms with E-state index in [9.17, 15) is 0 Å². The zero-order valence-corrected chi connectivity index (χ0v) is 21.3. The summed E-state index contributed by atoms with van der Waals surface area (Å²) < 4.78 is 16.8. The number of anilines is 4. The van der Waals surface area contributed by atoms with Gasteiger partial charge in [-0.3, -0.25) is 0 Å². The highest BCUT2D eigenvalue weighted by Crippen LogP contribution is 2.27. The van der Waals surface area contributed by atoms with Crippen LogP contribution in [-0.4, -0.2) is 60.1 Å². The van der Waals surface area contributed by atoms with Gasteiger partial charge < -0.3 is 15.5 Å². The second kappa shape index (κ2) is 9.74. The van der Waals surface area contributed by atoms with E-state index in [1.54, 1.807) is 21.5 Å². The molecule has 1 fully saturated rings. The number of nitrogens with zero attached hydrogens (tertiary/aromatic N) is 9. The average Bonchev–Trinajstić information content (AvgIpc) is 3.31. The summed E-state index contributed by atoms with van der Waals surface area (Å²) in [6.45, 7) is 6.86. The molecule has 11 nitrogen and oxygen atoms in total. The Kier molecular flexibility index (Phi) is 6.47. The number of alkyl halides is 1. The minimum atomic E-state index is -1.21. The minimum absolute atomic E-state index is 0.126. The largest absolute Gasteiger partial charge is 0.363 e. The normalized spacial score (nSPS) is 18.0. The molecule has 5 heterocycles.